The highest BCUT2D eigenvalue weighted by atomic mass is 16.6. The van der Waals surface area contributed by atoms with E-state index in [1.165, 1.54) is 122 Å². The van der Waals surface area contributed by atoms with E-state index in [4.69, 9.17) is 14.2 Å². The Morgan fingerprint density at radius 3 is 1.12 bits per heavy atom. The van der Waals surface area contributed by atoms with Gasteiger partial charge in [0.15, 0.2) is 6.10 Å². The van der Waals surface area contributed by atoms with Crippen molar-refractivity contribution in [1.29, 1.82) is 0 Å². The summed E-state index contributed by atoms with van der Waals surface area (Å²) in [7, 11) is 0. The zero-order valence-electron chi connectivity index (χ0n) is 27.3. The first-order valence-corrected chi connectivity index (χ1v) is 17.5. The summed E-state index contributed by atoms with van der Waals surface area (Å²) in [6, 6.07) is 0. The van der Waals surface area contributed by atoms with Gasteiger partial charge in [0, 0.05) is 19.8 Å². The van der Waals surface area contributed by atoms with Gasteiger partial charge in [-0.15, -0.1) is 0 Å². The molecule has 6 nitrogen and oxygen atoms in total. The Morgan fingerprint density at radius 2 is 0.756 bits per heavy atom. The van der Waals surface area contributed by atoms with Gasteiger partial charge in [0.1, 0.15) is 13.2 Å². The maximum absolute atomic E-state index is 12.3. The first-order valence-electron chi connectivity index (χ1n) is 17.5. The highest BCUT2D eigenvalue weighted by Gasteiger charge is 2.18. The molecule has 0 aliphatic heterocycles. The molecule has 0 saturated carbocycles. The third-order valence-electron chi connectivity index (χ3n) is 7.67. The van der Waals surface area contributed by atoms with Crippen LogP contribution in [0.3, 0.4) is 0 Å². The lowest BCUT2D eigenvalue weighted by Crippen LogP contribution is -2.30. The second kappa shape index (κ2) is 31.3. The Kier molecular flexibility index (Phi) is 30.1. The number of hydrogen-bond acceptors (Lipinski definition) is 6. The van der Waals surface area contributed by atoms with Crippen LogP contribution in [0.5, 0.6) is 0 Å². The van der Waals surface area contributed by atoms with E-state index in [-0.39, 0.29) is 25.2 Å². The second-order valence-corrected chi connectivity index (χ2v) is 11.9. The molecule has 6 heteroatoms. The average molecular weight is 583 g/mol. The van der Waals surface area contributed by atoms with E-state index in [9.17, 15) is 14.4 Å². The molecule has 0 aromatic rings. The molecule has 0 saturated heterocycles. The summed E-state index contributed by atoms with van der Waals surface area (Å²) in [6.07, 6.45) is 29.7. The highest BCUT2D eigenvalue weighted by Crippen LogP contribution is 2.14. The summed E-state index contributed by atoms with van der Waals surface area (Å²) in [5.74, 6) is -1.07. The van der Waals surface area contributed by atoms with Gasteiger partial charge >= 0.3 is 17.9 Å². The number of esters is 3. The molecule has 41 heavy (non-hydrogen) atoms. The molecule has 0 amide bonds. The maximum atomic E-state index is 12.3. The average Bonchev–Trinajstić information content (AvgIpc) is 2.95. The number of carbonyl (C=O) groups excluding carboxylic acids is 3. The molecule has 0 unspecified atom stereocenters. The van der Waals surface area contributed by atoms with Gasteiger partial charge in [-0.3, -0.25) is 14.4 Å². The Labute approximate surface area is 253 Å². The lowest BCUT2D eigenvalue weighted by Gasteiger charge is -2.18. The predicted molar refractivity (Wildman–Crippen MR) is 169 cm³/mol. The molecule has 0 aromatic heterocycles. The predicted octanol–water partition coefficient (Wildman–Crippen LogP) is 10.2. The maximum Gasteiger partial charge on any atom is 0.306 e. The van der Waals surface area contributed by atoms with Crippen molar-refractivity contribution < 1.29 is 28.6 Å². The molecule has 0 heterocycles. The fraction of sp³-hybridized carbons (Fsp3) is 0.914. The lowest BCUT2D eigenvalue weighted by molar-refractivity contribution is -0.166. The number of carbonyl (C=O) groups is 3. The van der Waals surface area contributed by atoms with Crippen LogP contribution in [0.25, 0.3) is 0 Å². The summed E-state index contributed by atoms with van der Waals surface area (Å²) in [5, 5.41) is 0. The number of unbranched alkanes of at least 4 members (excludes halogenated alkanes) is 22. The van der Waals surface area contributed by atoms with Gasteiger partial charge in [0.25, 0.3) is 0 Å². The van der Waals surface area contributed by atoms with Crippen LogP contribution in [0, 0.1) is 0 Å². The van der Waals surface area contributed by atoms with Gasteiger partial charge in [0.05, 0.1) is 0 Å². The molecule has 0 N–H and O–H groups in total. The standard InChI is InChI=1S/C35H66O6/c1-4-6-8-10-12-14-16-17-19-20-22-24-26-28-34(37)40-31-33(30-39-32(3)36)41-35(38)29-27-25-23-21-18-15-13-11-9-7-5-2/h33H,4-31H2,1-3H3/t33-/m1/s1. The first kappa shape index (κ1) is 39.4. The van der Waals surface area contributed by atoms with Crippen LogP contribution in [0.2, 0.25) is 0 Å². The first-order chi connectivity index (χ1) is 20.0. The molecule has 0 aliphatic carbocycles. The molecule has 0 rings (SSSR count). The van der Waals surface area contributed by atoms with Crippen LogP contribution < -0.4 is 0 Å². The van der Waals surface area contributed by atoms with Crippen LogP contribution in [0.4, 0.5) is 0 Å². The number of hydrogen-bond donors (Lipinski definition) is 0. The topological polar surface area (TPSA) is 78.9 Å². The van der Waals surface area contributed by atoms with E-state index >= 15 is 0 Å². The van der Waals surface area contributed by atoms with E-state index in [1.54, 1.807) is 0 Å². The molecule has 1 atom stereocenters. The van der Waals surface area contributed by atoms with Gasteiger partial charge in [-0.05, 0) is 12.8 Å². The molecule has 0 bridgehead atoms. The smallest absolute Gasteiger partial charge is 0.306 e. The van der Waals surface area contributed by atoms with Gasteiger partial charge in [-0.1, -0.05) is 155 Å². The largest absolute Gasteiger partial charge is 0.462 e. The summed E-state index contributed by atoms with van der Waals surface area (Å²) >= 11 is 0. The van der Waals surface area contributed by atoms with E-state index in [1.807, 2.05) is 0 Å². The molecule has 0 spiro atoms. The lowest BCUT2D eigenvalue weighted by atomic mass is 10.0. The van der Waals surface area contributed by atoms with Gasteiger partial charge < -0.3 is 14.2 Å². The summed E-state index contributed by atoms with van der Waals surface area (Å²) in [5.41, 5.74) is 0. The zero-order valence-corrected chi connectivity index (χ0v) is 27.3. The molecule has 242 valence electrons. The van der Waals surface area contributed by atoms with Crippen molar-refractivity contribution in [3.05, 3.63) is 0 Å². The van der Waals surface area contributed by atoms with E-state index in [2.05, 4.69) is 13.8 Å². The van der Waals surface area contributed by atoms with Crippen molar-refractivity contribution in [2.24, 2.45) is 0 Å². The number of ether oxygens (including phenoxy) is 3. The van der Waals surface area contributed by atoms with Crippen molar-refractivity contribution in [3.8, 4) is 0 Å². The summed E-state index contributed by atoms with van der Waals surface area (Å²) < 4.78 is 15.8. The van der Waals surface area contributed by atoms with Gasteiger partial charge in [0.2, 0.25) is 0 Å². The highest BCUT2D eigenvalue weighted by molar-refractivity contribution is 5.70. The quantitative estimate of drug-likeness (QED) is 0.0459. The normalized spacial score (nSPS) is 11.8. The van der Waals surface area contributed by atoms with E-state index in [0.29, 0.717) is 12.8 Å². The summed E-state index contributed by atoms with van der Waals surface area (Å²) in [4.78, 5) is 35.7. The molecule has 0 fully saturated rings. The molecule has 0 aromatic carbocycles. The SMILES string of the molecule is CCCCCCCCCCCCCCCC(=O)OC[C@@H](COC(C)=O)OC(=O)CCCCCCCCCCCCC. The van der Waals surface area contributed by atoms with E-state index < -0.39 is 12.1 Å². The summed E-state index contributed by atoms with van der Waals surface area (Å²) in [6.45, 7) is 5.64. The minimum absolute atomic E-state index is 0.0748. The van der Waals surface area contributed by atoms with Crippen LogP contribution in [-0.2, 0) is 28.6 Å². The van der Waals surface area contributed by atoms with Crippen LogP contribution >= 0.6 is 0 Å². The van der Waals surface area contributed by atoms with Gasteiger partial charge in [-0.2, -0.15) is 0 Å². The van der Waals surface area contributed by atoms with Crippen molar-refractivity contribution in [1.82, 2.24) is 0 Å². The van der Waals surface area contributed by atoms with Crippen LogP contribution in [0.1, 0.15) is 188 Å². The van der Waals surface area contributed by atoms with Crippen LogP contribution in [0.15, 0.2) is 0 Å². The second-order valence-electron chi connectivity index (χ2n) is 11.9. The van der Waals surface area contributed by atoms with Crippen molar-refractivity contribution >= 4 is 17.9 Å². The van der Waals surface area contributed by atoms with Crippen molar-refractivity contribution in [2.75, 3.05) is 13.2 Å². The zero-order chi connectivity index (χ0) is 30.2. The van der Waals surface area contributed by atoms with Crippen molar-refractivity contribution in [2.45, 2.75) is 194 Å². The Hall–Kier alpha value is -1.59. The monoisotopic (exact) mass is 582 g/mol. The number of rotatable bonds is 31. The molecular formula is C35H66O6. The minimum Gasteiger partial charge on any atom is -0.462 e. The Balaban J connectivity index is 3.86. The minimum atomic E-state index is -0.755. The third kappa shape index (κ3) is 31.2. The fourth-order valence-electron chi connectivity index (χ4n) is 5.05. The molecule has 0 aliphatic rings. The third-order valence-corrected chi connectivity index (χ3v) is 7.67. The molecule has 0 radical (unpaired) electrons. The fourth-order valence-corrected chi connectivity index (χ4v) is 5.05. The Morgan fingerprint density at radius 1 is 0.439 bits per heavy atom. The Bertz CT molecular complexity index is 605. The van der Waals surface area contributed by atoms with Crippen LogP contribution in [-0.4, -0.2) is 37.2 Å². The van der Waals surface area contributed by atoms with Gasteiger partial charge in [-0.25, -0.2) is 0 Å². The van der Waals surface area contributed by atoms with Crippen molar-refractivity contribution in [3.63, 3.8) is 0 Å². The van der Waals surface area contributed by atoms with E-state index in [0.717, 1.165) is 38.5 Å². The molecular weight excluding hydrogens is 516 g/mol.